The number of ether oxygens (including phenoxy) is 1. The molecule has 0 radical (unpaired) electrons. The summed E-state index contributed by atoms with van der Waals surface area (Å²) in [6, 6.07) is 9.61. The van der Waals surface area contributed by atoms with Crippen LogP contribution in [-0.4, -0.2) is 43.2 Å². The number of nitrogens with zero attached hydrogens (tertiary/aromatic N) is 1. The van der Waals surface area contributed by atoms with Crippen LogP contribution >= 0.6 is 0 Å². The van der Waals surface area contributed by atoms with Crippen LogP contribution in [0.1, 0.15) is 30.9 Å². The third-order valence-electron chi connectivity index (χ3n) is 5.59. The van der Waals surface area contributed by atoms with Gasteiger partial charge in [-0.1, -0.05) is 12.1 Å². The molecule has 1 fully saturated rings. The second kappa shape index (κ2) is 7.97. The molecule has 0 aromatic heterocycles. The van der Waals surface area contributed by atoms with Gasteiger partial charge in [0, 0.05) is 18.3 Å². The number of benzene rings is 2. The van der Waals surface area contributed by atoms with Gasteiger partial charge >= 0.3 is 0 Å². The number of hydrogen-bond acceptors (Lipinski definition) is 5. The van der Waals surface area contributed by atoms with Crippen molar-refractivity contribution < 1.29 is 22.7 Å². The van der Waals surface area contributed by atoms with Crippen molar-refractivity contribution in [3.8, 4) is 5.75 Å². The van der Waals surface area contributed by atoms with E-state index in [9.17, 15) is 18.0 Å². The highest BCUT2D eigenvalue weighted by molar-refractivity contribution is 7.89. The lowest BCUT2D eigenvalue weighted by Gasteiger charge is -2.27. The molecule has 0 saturated carbocycles. The van der Waals surface area contributed by atoms with Gasteiger partial charge in [-0.25, -0.2) is 8.42 Å². The summed E-state index contributed by atoms with van der Waals surface area (Å²) in [5.41, 5.74) is 2.55. The van der Waals surface area contributed by atoms with E-state index in [0.717, 1.165) is 5.56 Å². The number of rotatable bonds is 4. The molecule has 9 heteroatoms. The minimum Gasteiger partial charge on any atom is -0.479 e. The van der Waals surface area contributed by atoms with Gasteiger partial charge in [-0.3, -0.25) is 9.59 Å². The first-order valence-corrected chi connectivity index (χ1v) is 11.6. The molecule has 4 rings (SSSR count). The molecule has 1 saturated heterocycles. The van der Waals surface area contributed by atoms with Crippen LogP contribution in [-0.2, 0) is 19.6 Å². The van der Waals surface area contributed by atoms with E-state index in [1.54, 1.807) is 26.0 Å². The van der Waals surface area contributed by atoms with E-state index in [1.165, 1.54) is 10.4 Å². The Kier molecular flexibility index (Phi) is 5.49. The molecule has 0 bridgehead atoms. The van der Waals surface area contributed by atoms with E-state index >= 15 is 0 Å². The van der Waals surface area contributed by atoms with E-state index in [2.05, 4.69) is 10.6 Å². The fourth-order valence-corrected chi connectivity index (χ4v) is 5.87. The number of amides is 2. The van der Waals surface area contributed by atoms with Gasteiger partial charge in [-0.05, 0) is 62.9 Å². The maximum absolute atomic E-state index is 13.5. The second-order valence-corrected chi connectivity index (χ2v) is 9.85. The quantitative estimate of drug-likeness (QED) is 0.756. The Bertz CT molecular complexity index is 1160. The van der Waals surface area contributed by atoms with E-state index in [0.29, 0.717) is 35.5 Å². The average Bonchev–Trinajstić information content (AvgIpc) is 3.20. The van der Waals surface area contributed by atoms with Crippen LogP contribution in [0.25, 0.3) is 0 Å². The Labute approximate surface area is 181 Å². The van der Waals surface area contributed by atoms with Crippen LogP contribution in [0.15, 0.2) is 41.3 Å². The molecule has 2 aromatic carbocycles. The molecule has 2 aliphatic heterocycles. The number of fused-ring (bicyclic) bond motifs is 1. The summed E-state index contributed by atoms with van der Waals surface area (Å²) in [6.07, 6.45) is 0.328. The van der Waals surface area contributed by atoms with Crippen molar-refractivity contribution in [2.75, 3.05) is 17.2 Å². The van der Waals surface area contributed by atoms with Crippen LogP contribution in [0, 0.1) is 13.8 Å². The first kappa shape index (κ1) is 21.3. The molecule has 31 heavy (non-hydrogen) atoms. The average molecular weight is 444 g/mol. The fourth-order valence-electron chi connectivity index (χ4n) is 3.99. The number of carbonyl (C=O) groups is 2. The van der Waals surface area contributed by atoms with Crippen molar-refractivity contribution in [3.63, 3.8) is 0 Å². The standard InChI is InChI=1S/C22H25N3O5S/c1-13-6-4-7-16(10-13)23-22(27)18-8-5-9-25(18)31(28,29)20-12-19-17(11-14(20)2)24-21(26)15(3)30-19/h4,6-7,10-12,15,18H,5,8-9H2,1-3H3,(H,23,27)(H,24,26)/t15-,18-/m1/s1. The van der Waals surface area contributed by atoms with Crippen molar-refractivity contribution in [2.45, 2.75) is 50.7 Å². The number of aryl methyl sites for hydroxylation is 2. The minimum atomic E-state index is -3.95. The van der Waals surface area contributed by atoms with Gasteiger partial charge in [-0.15, -0.1) is 0 Å². The Morgan fingerprint density at radius 1 is 1.23 bits per heavy atom. The predicted octanol–water partition coefficient (Wildman–Crippen LogP) is 2.81. The molecule has 2 heterocycles. The molecule has 2 amide bonds. The molecule has 164 valence electrons. The predicted molar refractivity (Wildman–Crippen MR) is 117 cm³/mol. The zero-order valence-electron chi connectivity index (χ0n) is 17.6. The molecular formula is C22H25N3O5S. The minimum absolute atomic E-state index is 0.0739. The third-order valence-corrected chi connectivity index (χ3v) is 7.64. The summed E-state index contributed by atoms with van der Waals surface area (Å²) in [6.45, 7) is 5.44. The first-order chi connectivity index (χ1) is 14.7. The highest BCUT2D eigenvalue weighted by Gasteiger charge is 2.40. The Hall–Kier alpha value is -2.91. The third kappa shape index (κ3) is 4.03. The van der Waals surface area contributed by atoms with Gasteiger partial charge in [0.25, 0.3) is 5.91 Å². The monoisotopic (exact) mass is 443 g/mol. The molecule has 2 aliphatic rings. The van der Waals surface area contributed by atoms with Gasteiger partial charge in [0.05, 0.1) is 10.6 Å². The van der Waals surface area contributed by atoms with E-state index < -0.39 is 22.2 Å². The highest BCUT2D eigenvalue weighted by Crippen LogP contribution is 2.37. The zero-order valence-corrected chi connectivity index (χ0v) is 18.5. The van der Waals surface area contributed by atoms with Gasteiger partial charge in [0.2, 0.25) is 15.9 Å². The van der Waals surface area contributed by atoms with E-state index in [-0.39, 0.29) is 23.3 Å². The van der Waals surface area contributed by atoms with Crippen molar-refractivity contribution in [2.24, 2.45) is 0 Å². The normalized spacial score (nSPS) is 21.2. The van der Waals surface area contributed by atoms with E-state index in [1.807, 2.05) is 25.1 Å². The van der Waals surface area contributed by atoms with Crippen molar-refractivity contribution in [3.05, 3.63) is 47.5 Å². The lowest BCUT2D eigenvalue weighted by molar-refractivity contribution is -0.122. The van der Waals surface area contributed by atoms with Gasteiger partial charge in [0.15, 0.2) is 6.10 Å². The number of nitrogens with one attached hydrogen (secondary N) is 2. The van der Waals surface area contributed by atoms with E-state index in [4.69, 9.17) is 4.74 Å². The van der Waals surface area contributed by atoms with Crippen LogP contribution in [0.5, 0.6) is 5.75 Å². The number of carbonyl (C=O) groups excluding carboxylic acids is 2. The van der Waals surface area contributed by atoms with Crippen molar-refractivity contribution in [1.82, 2.24) is 4.31 Å². The molecule has 2 atom stereocenters. The summed E-state index contributed by atoms with van der Waals surface area (Å²) >= 11 is 0. The first-order valence-electron chi connectivity index (χ1n) is 10.2. The summed E-state index contributed by atoms with van der Waals surface area (Å²) in [4.78, 5) is 24.8. The Morgan fingerprint density at radius 2 is 2.00 bits per heavy atom. The summed E-state index contributed by atoms with van der Waals surface area (Å²) in [7, 11) is -3.95. The number of sulfonamides is 1. The number of anilines is 2. The second-order valence-electron chi connectivity index (χ2n) is 8.00. The SMILES string of the molecule is Cc1cccc(NC(=O)[C@H]2CCCN2S(=O)(=O)c2cc3c(cc2C)NC(=O)[C@@H](C)O3)c1. The van der Waals surface area contributed by atoms with Crippen LogP contribution in [0.2, 0.25) is 0 Å². The Morgan fingerprint density at radius 3 is 2.74 bits per heavy atom. The molecule has 0 unspecified atom stereocenters. The van der Waals surface area contributed by atoms with Crippen LogP contribution in [0.3, 0.4) is 0 Å². The van der Waals surface area contributed by atoms with Crippen molar-refractivity contribution in [1.29, 1.82) is 0 Å². The molecule has 0 spiro atoms. The molecular weight excluding hydrogens is 418 g/mol. The summed E-state index contributed by atoms with van der Waals surface area (Å²) < 4.78 is 33.9. The van der Waals surface area contributed by atoms with Gasteiger partial charge in [-0.2, -0.15) is 4.31 Å². The fraction of sp³-hybridized carbons (Fsp3) is 0.364. The highest BCUT2D eigenvalue weighted by atomic mass is 32.2. The summed E-state index contributed by atoms with van der Waals surface area (Å²) in [5.74, 6) is -0.328. The number of hydrogen-bond donors (Lipinski definition) is 2. The van der Waals surface area contributed by atoms with Crippen LogP contribution < -0.4 is 15.4 Å². The molecule has 8 nitrogen and oxygen atoms in total. The maximum Gasteiger partial charge on any atom is 0.265 e. The molecule has 2 N–H and O–H groups in total. The lowest BCUT2D eigenvalue weighted by Crippen LogP contribution is -2.43. The van der Waals surface area contributed by atoms with Gasteiger partial charge < -0.3 is 15.4 Å². The molecule has 2 aromatic rings. The summed E-state index contributed by atoms with van der Waals surface area (Å²) in [5, 5.41) is 5.56. The maximum atomic E-state index is 13.5. The molecule has 0 aliphatic carbocycles. The Balaban J connectivity index is 1.63. The smallest absolute Gasteiger partial charge is 0.265 e. The lowest BCUT2D eigenvalue weighted by atomic mass is 10.1. The van der Waals surface area contributed by atoms with Gasteiger partial charge in [0.1, 0.15) is 11.8 Å². The largest absolute Gasteiger partial charge is 0.479 e. The topological polar surface area (TPSA) is 105 Å². The van der Waals surface area contributed by atoms with Crippen molar-refractivity contribution >= 4 is 33.2 Å². The van der Waals surface area contributed by atoms with Crippen LogP contribution in [0.4, 0.5) is 11.4 Å². The zero-order chi connectivity index (χ0) is 22.3.